The summed E-state index contributed by atoms with van der Waals surface area (Å²) >= 11 is 5.62. The van der Waals surface area contributed by atoms with Gasteiger partial charge < -0.3 is 10.5 Å². The molecule has 0 saturated heterocycles. The molecule has 19 heavy (non-hydrogen) atoms. The Morgan fingerprint density at radius 3 is 2.89 bits per heavy atom. The van der Waals surface area contributed by atoms with Crippen molar-refractivity contribution < 1.29 is 13.9 Å². The zero-order valence-electron chi connectivity index (χ0n) is 9.85. The molecule has 0 spiro atoms. The first kappa shape index (κ1) is 13.4. The molecule has 2 aromatic rings. The van der Waals surface area contributed by atoms with Crippen molar-refractivity contribution in [3.05, 3.63) is 46.9 Å². The average Bonchev–Trinajstić information content (AvgIpc) is 2.73. The van der Waals surface area contributed by atoms with Crippen LogP contribution in [-0.4, -0.2) is 15.7 Å². The standard InChI is InChI=1S/C12H11ClFN3O2/c13-9-2-1-8(10(14)5-9)7-19-12(18)6-17-4-3-11(15)16-17/h1-5H,6-7H2,(H2,15,16). The monoisotopic (exact) mass is 283 g/mol. The molecular weight excluding hydrogens is 273 g/mol. The van der Waals surface area contributed by atoms with Crippen LogP contribution < -0.4 is 5.73 Å². The molecule has 1 heterocycles. The zero-order chi connectivity index (χ0) is 13.8. The maximum Gasteiger partial charge on any atom is 0.328 e. The Balaban J connectivity index is 1.89. The van der Waals surface area contributed by atoms with Crippen LogP contribution in [0.5, 0.6) is 0 Å². The van der Waals surface area contributed by atoms with Gasteiger partial charge >= 0.3 is 5.97 Å². The number of aromatic nitrogens is 2. The van der Waals surface area contributed by atoms with Crippen molar-refractivity contribution in [1.29, 1.82) is 0 Å². The minimum atomic E-state index is -0.530. The van der Waals surface area contributed by atoms with Gasteiger partial charge in [-0.1, -0.05) is 17.7 Å². The molecule has 0 fully saturated rings. The summed E-state index contributed by atoms with van der Waals surface area (Å²) in [5.41, 5.74) is 5.67. The number of benzene rings is 1. The van der Waals surface area contributed by atoms with E-state index in [0.717, 1.165) is 0 Å². The summed E-state index contributed by atoms with van der Waals surface area (Å²) in [6.45, 7) is -0.231. The van der Waals surface area contributed by atoms with Gasteiger partial charge in [-0.2, -0.15) is 5.10 Å². The van der Waals surface area contributed by atoms with Gasteiger partial charge in [0, 0.05) is 16.8 Å². The van der Waals surface area contributed by atoms with E-state index in [0.29, 0.717) is 10.8 Å². The van der Waals surface area contributed by atoms with Gasteiger partial charge in [0.15, 0.2) is 0 Å². The maximum atomic E-state index is 13.4. The van der Waals surface area contributed by atoms with Gasteiger partial charge in [0.05, 0.1) is 0 Å². The van der Waals surface area contributed by atoms with E-state index in [9.17, 15) is 9.18 Å². The van der Waals surface area contributed by atoms with Crippen LogP contribution in [0, 0.1) is 5.82 Å². The fourth-order valence-electron chi connectivity index (χ4n) is 1.44. The normalized spacial score (nSPS) is 10.4. The molecule has 100 valence electrons. The second-order valence-electron chi connectivity index (χ2n) is 3.83. The third kappa shape index (κ3) is 3.69. The highest BCUT2D eigenvalue weighted by Gasteiger charge is 2.08. The third-order valence-corrected chi connectivity index (χ3v) is 2.59. The molecule has 7 heteroatoms. The van der Waals surface area contributed by atoms with E-state index in [1.54, 1.807) is 12.3 Å². The topological polar surface area (TPSA) is 70.1 Å². The number of carbonyl (C=O) groups is 1. The number of nitrogen functional groups attached to an aromatic ring is 1. The number of carbonyl (C=O) groups excluding carboxylic acids is 1. The molecule has 0 aliphatic rings. The summed E-state index contributed by atoms with van der Waals surface area (Å²) < 4.78 is 19.7. The molecule has 0 radical (unpaired) electrons. The summed E-state index contributed by atoms with van der Waals surface area (Å²) in [5, 5.41) is 4.13. The van der Waals surface area contributed by atoms with Crippen LogP contribution in [0.25, 0.3) is 0 Å². The molecule has 0 atom stereocenters. The minimum Gasteiger partial charge on any atom is -0.459 e. The number of hydrogen-bond acceptors (Lipinski definition) is 4. The van der Waals surface area contributed by atoms with E-state index in [2.05, 4.69) is 5.10 Å². The van der Waals surface area contributed by atoms with E-state index >= 15 is 0 Å². The summed E-state index contributed by atoms with van der Waals surface area (Å²) in [7, 11) is 0. The molecule has 2 rings (SSSR count). The second-order valence-corrected chi connectivity index (χ2v) is 4.27. The van der Waals surface area contributed by atoms with Crippen LogP contribution >= 0.6 is 11.6 Å². The zero-order valence-corrected chi connectivity index (χ0v) is 10.6. The van der Waals surface area contributed by atoms with E-state index < -0.39 is 11.8 Å². The highest BCUT2D eigenvalue weighted by molar-refractivity contribution is 6.30. The molecule has 0 saturated carbocycles. The largest absolute Gasteiger partial charge is 0.459 e. The van der Waals surface area contributed by atoms with Gasteiger partial charge in [0.2, 0.25) is 0 Å². The number of rotatable bonds is 4. The quantitative estimate of drug-likeness (QED) is 0.871. The molecule has 1 aromatic heterocycles. The number of nitrogens with two attached hydrogens (primary N) is 1. The van der Waals surface area contributed by atoms with Gasteiger partial charge in [-0.05, 0) is 18.2 Å². The lowest BCUT2D eigenvalue weighted by molar-refractivity contribution is -0.145. The lowest BCUT2D eigenvalue weighted by Gasteiger charge is -2.06. The van der Waals surface area contributed by atoms with Gasteiger partial charge in [0.25, 0.3) is 0 Å². The first-order valence-electron chi connectivity index (χ1n) is 5.43. The molecule has 5 nitrogen and oxygen atoms in total. The van der Waals surface area contributed by atoms with Gasteiger partial charge in [-0.25, -0.2) is 4.39 Å². The average molecular weight is 284 g/mol. The van der Waals surface area contributed by atoms with Crippen molar-refractivity contribution in [1.82, 2.24) is 9.78 Å². The van der Waals surface area contributed by atoms with Crippen molar-refractivity contribution in [3.8, 4) is 0 Å². The summed E-state index contributed by atoms with van der Waals surface area (Å²) in [5.74, 6) is -0.724. The summed E-state index contributed by atoms with van der Waals surface area (Å²) in [4.78, 5) is 11.5. The molecule has 0 aliphatic carbocycles. The Kier molecular flexibility index (Phi) is 4.01. The molecule has 2 N–H and O–H groups in total. The molecular formula is C12H11ClFN3O2. The fourth-order valence-corrected chi connectivity index (χ4v) is 1.60. The van der Waals surface area contributed by atoms with Crippen LogP contribution in [0.15, 0.2) is 30.5 Å². The Morgan fingerprint density at radius 2 is 2.26 bits per heavy atom. The number of esters is 1. The van der Waals surface area contributed by atoms with Gasteiger partial charge in [0.1, 0.15) is 24.8 Å². The fraction of sp³-hybridized carbons (Fsp3) is 0.167. The Morgan fingerprint density at radius 1 is 1.47 bits per heavy atom. The van der Waals surface area contributed by atoms with Gasteiger partial charge in [-0.15, -0.1) is 0 Å². The van der Waals surface area contributed by atoms with Crippen molar-refractivity contribution in [2.24, 2.45) is 0 Å². The van der Waals surface area contributed by atoms with Crippen LogP contribution in [0.4, 0.5) is 10.2 Å². The van der Waals surface area contributed by atoms with E-state index in [1.807, 2.05) is 0 Å². The minimum absolute atomic E-state index is 0.0770. The van der Waals surface area contributed by atoms with E-state index in [-0.39, 0.29) is 18.7 Å². The molecule has 0 amide bonds. The molecule has 0 aliphatic heterocycles. The second kappa shape index (κ2) is 5.71. The molecule has 0 bridgehead atoms. The number of hydrogen-bond donors (Lipinski definition) is 1. The van der Waals surface area contributed by atoms with Gasteiger partial charge in [-0.3, -0.25) is 9.48 Å². The summed E-state index contributed by atoms with van der Waals surface area (Å²) in [6, 6.07) is 5.73. The highest BCUT2D eigenvalue weighted by atomic mass is 35.5. The first-order valence-corrected chi connectivity index (χ1v) is 5.81. The number of halogens is 2. The predicted molar refractivity (Wildman–Crippen MR) is 67.8 cm³/mol. The Bertz CT molecular complexity index is 600. The smallest absolute Gasteiger partial charge is 0.328 e. The van der Waals surface area contributed by atoms with Crippen LogP contribution in [0.1, 0.15) is 5.56 Å². The first-order chi connectivity index (χ1) is 9.04. The highest BCUT2D eigenvalue weighted by Crippen LogP contribution is 2.15. The lowest BCUT2D eigenvalue weighted by atomic mass is 10.2. The van der Waals surface area contributed by atoms with Crippen molar-refractivity contribution in [2.45, 2.75) is 13.2 Å². The van der Waals surface area contributed by atoms with E-state index in [4.69, 9.17) is 22.1 Å². The molecule has 0 unspecified atom stereocenters. The lowest BCUT2D eigenvalue weighted by Crippen LogP contribution is -2.14. The van der Waals surface area contributed by atoms with Crippen LogP contribution in [0.2, 0.25) is 5.02 Å². The van der Waals surface area contributed by atoms with Crippen molar-refractivity contribution >= 4 is 23.4 Å². The van der Waals surface area contributed by atoms with Crippen molar-refractivity contribution in [3.63, 3.8) is 0 Å². The Labute approximate surface area is 113 Å². The van der Waals surface area contributed by atoms with Crippen LogP contribution in [0.3, 0.4) is 0 Å². The maximum absolute atomic E-state index is 13.4. The number of anilines is 1. The third-order valence-electron chi connectivity index (χ3n) is 2.36. The van der Waals surface area contributed by atoms with E-state index in [1.165, 1.54) is 22.9 Å². The number of nitrogens with zero attached hydrogens (tertiary/aromatic N) is 2. The number of ether oxygens (including phenoxy) is 1. The Hall–Kier alpha value is -2.08. The molecule has 1 aromatic carbocycles. The van der Waals surface area contributed by atoms with Crippen LogP contribution in [-0.2, 0) is 22.7 Å². The SMILES string of the molecule is Nc1ccn(CC(=O)OCc2ccc(Cl)cc2F)n1. The van der Waals surface area contributed by atoms with Crippen molar-refractivity contribution in [2.75, 3.05) is 5.73 Å². The predicted octanol–water partition coefficient (Wildman–Crippen LogP) is 2.00. The summed E-state index contributed by atoms with van der Waals surface area (Å²) in [6.07, 6.45) is 1.56.